The minimum absolute atomic E-state index is 0.00260. The van der Waals surface area contributed by atoms with Crippen molar-refractivity contribution >= 4 is 85.0 Å². The van der Waals surface area contributed by atoms with Gasteiger partial charge < -0.3 is 5.32 Å². The zero-order chi connectivity index (χ0) is 26.5. The first-order valence-electron chi connectivity index (χ1n) is 11.1. The fourth-order valence-electron chi connectivity index (χ4n) is 3.23. The highest BCUT2D eigenvalue weighted by Gasteiger charge is 2.18. The predicted molar refractivity (Wildman–Crippen MR) is 154 cm³/mol. The molecule has 38 heavy (non-hydrogen) atoms. The average molecular weight is 579 g/mol. The molecule has 0 radical (unpaired) electrons. The third-order valence-corrected chi connectivity index (χ3v) is 8.97. The van der Waals surface area contributed by atoms with Crippen molar-refractivity contribution in [3.05, 3.63) is 88.0 Å². The van der Waals surface area contributed by atoms with Crippen molar-refractivity contribution in [1.29, 1.82) is 0 Å². The molecule has 1 amide bonds. The number of benzene rings is 2. The molecule has 1 N–H and O–H groups in total. The number of pyridine rings is 1. The van der Waals surface area contributed by atoms with Crippen molar-refractivity contribution < 1.29 is 9.72 Å². The molecule has 13 heteroatoms. The summed E-state index contributed by atoms with van der Waals surface area (Å²) in [6, 6.07) is 16.1. The topological polar surface area (TPSA) is 123 Å². The van der Waals surface area contributed by atoms with Gasteiger partial charge in [0.2, 0.25) is 5.91 Å². The van der Waals surface area contributed by atoms with Crippen LogP contribution in [0.1, 0.15) is 12.5 Å². The largest absolute Gasteiger partial charge is 0.301 e. The smallest absolute Gasteiger partial charge is 0.283 e. The van der Waals surface area contributed by atoms with E-state index in [0.29, 0.717) is 26.3 Å². The van der Waals surface area contributed by atoms with Gasteiger partial charge in [-0.3, -0.25) is 19.9 Å². The van der Waals surface area contributed by atoms with Gasteiger partial charge in [-0.2, -0.15) is 0 Å². The van der Waals surface area contributed by atoms with Crippen LogP contribution in [0.25, 0.3) is 10.2 Å². The maximum atomic E-state index is 12.4. The molecule has 190 valence electrons. The molecule has 0 aliphatic carbocycles. The summed E-state index contributed by atoms with van der Waals surface area (Å²) >= 11 is 5.48. The van der Waals surface area contributed by atoms with Gasteiger partial charge in [-0.1, -0.05) is 35.7 Å². The van der Waals surface area contributed by atoms with Gasteiger partial charge in [0, 0.05) is 30.1 Å². The summed E-state index contributed by atoms with van der Waals surface area (Å²) in [7, 11) is 0. The first-order valence-corrected chi connectivity index (χ1v) is 14.5. The molecular formula is C25H18N6O3S4. The van der Waals surface area contributed by atoms with Crippen molar-refractivity contribution in [3.8, 4) is 0 Å². The number of thiazole rings is 2. The molecule has 3 heterocycles. The fraction of sp³-hybridized carbons (Fsp3) is 0.0800. The molecule has 0 fully saturated rings. The average Bonchev–Trinajstić information content (AvgIpc) is 3.57. The molecule has 0 saturated carbocycles. The highest BCUT2D eigenvalue weighted by Crippen LogP contribution is 2.35. The molecule has 0 aliphatic rings. The molecule has 0 spiro atoms. The van der Waals surface area contributed by atoms with Gasteiger partial charge in [0.15, 0.2) is 9.47 Å². The molecule has 0 bridgehead atoms. The van der Waals surface area contributed by atoms with Crippen LogP contribution in [0, 0.1) is 10.1 Å². The Morgan fingerprint density at radius 2 is 2.05 bits per heavy atom. The number of aliphatic imine (C=N–C) groups is 1. The SMILES string of the molecule is CC(Sc1nc2ccc(N=Cc3ccc(Sc4ccccn4)c([N+](=O)[O-])c3)cc2s1)C(=O)Nc1nccs1. The van der Waals surface area contributed by atoms with E-state index in [4.69, 9.17) is 0 Å². The number of thioether (sulfide) groups is 1. The number of fused-ring (bicyclic) bond motifs is 1. The van der Waals surface area contributed by atoms with Crippen LogP contribution in [0.3, 0.4) is 0 Å². The summed E-state index contributed by atoms with van der Waals surface area (Å²) in [4.78, 5) is 41.7. The Morgan fingerprint density at radius 3 is 2.82 bits per heavy atom. The second kappa shape index (κ2) is 11.8. The van der Waals surface area contributed by atoms with Crippen LogP contribution in [-0.4, -0.2) is 37.2 Å². The second-order valence-electron chi connectivity index (χ2n) is 7.73. The van der Waals surface area contributed by atoms with E-state index in [1.807, 2.05) is 31.2 Å². The number of nitrogens with zero attached hydrogens (tertiary/aromatic N) is 5. The zero-order valence-electron chi connectivity index (χ0n) is 19.7. The van der Waals surface area contributed by atoms with Gasteiger partial charge in [0.1, 0.15) is 5.03 Å². The van der Waals surface area contributed by atoms with Gasteiger partial charge in [0.05, 0.1) is 31.0 Å². The van der Waals surface area contributed by atoms with E-state index in [2.05, 4.69) is 25.3 Å². The van der Waals surface area contributed by atoms with Crippen LogP contribution in [0.5, 0.6) is 0 Å². The second-order valence-corrected chi connectivity index (χ2v) is 12.3. The Labute approximate surface area is 233 Å². The molecule has 5 rings (SSSR count). The third-order valence-electron chi connectivity index (χ3n) is 5.06. The van der Waals surface area contributed by atoms with E-state index in [9.17, 15) is 14.9 Å². The molecule has 3 aromatic heterocycles. The number of amides is 1. The number of rotatable bonds is 9. The van der Waals surface area contributed by atoms with Crippen molar-refractivity contribution in [1.82, 2.24) is 15.0 Å². The Balaban J connectivity index is 1.29. The van der Waals surface area contributed by atoms with Crippen LogP contribution in [0.2, 0.25) is 0 Å². The van der Waals surface area contributed by atoms with E-state index >= 15 is 0 Å². The molecule has 1 atom stereocenters. The number of anilines is 1. The quantitative estimate of drug-likeness (QED) is 0.0852. The summed E-state index contributed by atoms with van der Waals surface area (Å²) in [5.74, 6) is -0.131. The Bertz CT molecular complexity index is 1620. The summed E-state index contributed by atoms with van der Waals surface area (Å²) in [5.41, 5.74) is 2.12. The van der Waals surface area contributed by atoms with E-state index in [-0.39, 0.29) is 16.8 Å². The first-order chi connectivity index (χ1) is 18.4. The molecule has 0 aliphatic heterocycles. The number of carbonyl (C=O) groups excluding carboxylic acids is 1. The minimum Gasteiger partial charge on any atom is -0.301 e. The lowest BCUT2D eigenvalue weighted by atomic mass is 10.2. The van der Waals surface area contributed by atoms with Gasteiger partial charge in [-0.15, -0.1) is 22.7 Å². The monoisotopic (exact) mass is 578 g/mol. The Kier molecular flexibility index (Phi) is 8.08. The Hall–Kier alpha value is -3.65. The van der Waals surface area contributed by atoms with Crippen LogP contribution >= 0.6 is 46.2 Å². The predicted octanol–water partition coefficient (Wildman–Crippen LogP) is 7.08. The van der Waals surface area contributed by atoms with E-state index < -0.39 is 4.92 Å². The van der Waals surface area contributed by atoms with Crippen LogP contribution in [0.15, 0.2) is 91.6 Å². The van der Waals surface area contributed by atoms with E-state index in [1.54, 1.807) is 48.3 Å². The summed E-state index contributed by atoms with van der Waals surface area (Å²) < 4.78 is 1.71. The molecule has 9 nitrogen and oxygen atoms in total. The number of nitrogens with one attached hydrogen (secondary N) is 1. The standard InChI is InChI=1S/C25H18N6O3S4/c1-15(23(32)30-24-27-10-11-35-24)36-25-29-18-7-6-17(13-21(18)38-25)28-14-16-5-8-20(19(12-16)31(33)34)37-22-4-2-3-9-26-22/h2-15H,1H3,(H,27,30,32). The normalized spacial score (nSPS) is 12.1. The first kappa shape index (κ1) is 26.0. The summed E-state index contributed by atoms with van der Waals surface area (Å²) in [6.07, 6.45) is 4.90. The molecule has 0 saturated heterocycles. The number of aromatic nitrogens is 3. The van der Waals surface area contributed by atoms with Crippen LogP contribution in [0.4, 0.5) is 16.5 Å². The maximum Gasteiger partial charge on any atom is 0.283 e. The van der Waals surface area contributed by atoms with Gasteiger partial charge >= 0.3 is 0 Å². The number of nitro benzene ring substituents is 1. The zero-order valence-corrected chi connectivity index (χ0v) is 22.9. The van der Waals surface area contributed by atoms with Gasteiger partial charge in [-0.05, 0) is 48.9 Å². The Morgan fingerprint density at radius 1 is 1.16 bits per heavy atom. The van der Waals surface area contributed by atoms with Crippen molar-refractivity contribution in [3.63, 3.8) is 0 Å². The number of nitro groups is 1. The van der Waals surface area contributed by atoms with Crippen LogP contribution in [-0.2, 0) is 4.79 Å². The lowest BCUT2D eigenvalue weighted by Crippen LogP contribution is -2.22. The van der Waals surface area contributed by atoms with E-state index in [0.717, 1.165) is 14.6 Å². The lowest BCUT2D eigenvalue weighted by molar-refractivity contribution is -0.387. The molecular weight excluding hydrogens is 561 g/mol. The third kappa shape index (κ3) is 6.42. The van der Waals surface area contributed by atoms with Gasteiger partial charge in [0.25, 0.3) is 5.69 Å². The highest BCUT2D eigenvalue weighted by molar-refractivity contribution is 8.02. The van der Waals surface area contributed by atoms with E-state index in [1.165, 1.54) is 52.3 Å². The van der Waals surface area contributed by atoms with Gasteiger partial charge in [-0.25, -0.2) is 15.0 Å². The van der Waals surface area contributed by atoms with Crippen molar-refractivity contribution in [2.45, 2.75) is 26.4 Å². The maximum absolute atomic E-state index is 12.4. The molecule has 1 unspecified atom stereocenters. The number of carbonyl (C=O) groups is 1. The molecule has 2 aromatic carbocycles. The van der Waals surface area contributed by atoms with Crippen LogP contribution < -0.4 is 5.32 Å². The molecule has 5 aromatic rings. The fourth-order valence-corrected chi connectivity index (χ4v) is 6.87. The highest BCUT2D eigenvalue weighted by atomic mass is 32.2. The summed E-state index contributed by atoms with van der Waals surface area (Å²) in [5, 5.41) is 17.2. The summed E-state index contributed by atoms with van der Waals surface area (Å²) in [6.45, 7) is 1.83. The van der Waals surface area contributed by atoms with Crippen molar-refractivity contribution in [2.75, 3.05) is 5.32 Å². The number of hydrogen-bond acceptors (Lipinski definition) is 11. The van der Waals surface area contributed by atoms with Crippen molar-refractivity contribution in [2.24, 2.45) is 4.99 Å². The number of hydrogen-bond donors (Lipinski definition) is 1. The minimum atomic E-state index is -0.399. The lowest BCUT2D eigenvalue weighted by Gasteiger charge is -2.07.